The first kappa shape index (κ1) is 9.97. The maximum atomic E-state index is 5.41. The Kier molecular flexibility index (Phi) is 2.48. The van der Waals surface area contributed by atoms with Crippen LogP contribution in [0.15, 0.2) is 18.2 Å². The molecular formula is C13H18N2O. The molecule has 2 N–H and O–H groups in total. The highest BCUT2D eigenvalue weighted by molar-refractivity contribution is 5.64. The molecule has 0 saturated carbocycles. The van der Waals surface area contributed by atoms with E-state index in [0.29, 0.717) is 6.04 Å². The fourth-order valence-electron chi connectivity index (χ4n) is 2.88. The Morgan fingerprint density at radius 1 is 1.38 bits per heavy atom. The summed E-state index contributed by atoms with van der Waals surface area (Å²) in [5, 5.41) is 7.13. The van der Waals surface area contributed by atoms with Crippen molar-refractivity contribution >= 4 is 5.69 Å². The number of ether oxygens (including phenoxy) is 1. The molecule has 2 atom stereocenters. The summed E-state index contributed by atoms with van der Waals surface area (Å²) in [5.41, 5.74) is 2.61. The summed E-state index contributed by atoms with van der Waals surface area (Å²) >= 11 is 0. The molecule has 2 aliphatic heterocycles. The summed E-state index contributed by atoms with van der Waals surface area (Å²) in [6.07, 6.45) is 2.37. The molecule has 2 unspecified atom stereocenters. The van der Waals surface area contributed by atoms with E-state index in [0.717, 1.165) is 31.2 Å². The molecule has 0 radical (unpaired) electrons. The summed E-state index contributed by atoms with van der Waals surface area (Å²) in [6.45, 7) is 2.26. The highest BCUT2D eigenvalue weighted by Gasteiger charge is 2.31. The number of rotatable bonds is 1. The lowest BCUT2D eigenvalue weighted by molar-refractivity contribution is 0.330. The van der Waals surface area contributed by atoms with E-state index in [1.165, 1.54) is 17.7 Å². The van der Waals surface area contributed by atoms with Gasteiger partial charge in [0.25, 0.3) is 0 Å². The first-order chi connectivity index (χ1) is 7.88. The fourth-order valence-corrected chi connectivity index (χ4v) is 2.88. The van der Waals surface area contributed by atoms with Gasteiger partial charge in [-0.05, 0) is 36.9 Å². The molecular weight excluding hydrogens is 200 g/mol. The molecule has 2 heterocycles. The van der Waals surface area contributed by atoms with Crippen molar-refractivity contribution in [2.75, 3.05) is 25.5 Å². The maximum Gasteiger partial charge on any atom is 0.142 e. The normalized spacial score (nSPS) is 27.6. The largest absolute Gasteiger partial charge is 0.495 e. The van der Waals surface area contributed by atoms with Crippen LogP contribution in [-0.2, 0) is 6.42 Å². The topological polar surface area (TPSA) is 33.3 Å². The van der Waals surface area contributed by atoms with Crippen LogP contribution < -0.4 is 15.4 Å². The van der Waals surface area contributed by atoms with Crippen molar-refractivity contribution in [2.24, 2.45) is 5.92 Å². The van der Waals surface area contributed by atoms with Gasteiger partial charge in [-0.1, -0.05) is 12.1 Å². The molecule has 1 aromatic rings. The average molecular weight is 218 g/mol. The molecule has 1 saturated heterocycles. The summed E-state index contributed by atoms with van der Waals surface area (Å²) in [6, 6.07) is 6.93. The SMILES string of the molecule is COc1cccc2c1NC1CCNCC1C2. The third kappa shape index (κ3) is 1.55. The minimum absolute atomic E-state index is 0.616. The molecule has 3 rings (SSSR count). The lowest BCUT2D eigenvalue weighted by atomic mass is 9.83. The van der Waals surface area contributed by atoms with Crippen molar-refractivity contribution in [3.63, 3.8) is 0 Å². The zero-order valence-corrected chi connectivity index (χ0v) is 9.62. The van der Waals surface area contributed by atoms with Crippen LogP contribution in [-0.4, -0.2) is 26.2 Å². The Hall–Kier alpha value is -1.22. The Bertz CT molecular complexity index is 392. The monoisotopic (exact) mass is 218 g/mol. The van der Waals surface area contributed by atoms with E-state index in [4.69, 9.17) is 4.74 Å². The van der Waals surface area contributed by atoms with Crippen molar-refractivity contribution in [1.82, 2.24) is 5.32 Å². The summed E-state index contributed by atoms with van der Waals surface area (Å²) < 4.78 is 5.41. The van der Waals surface area contributed by atoms with Gasteiger partial charge in [-0.3, -0.25) is 0 Å². The van der Waals surface area contributed by atoms with Crippen LogP contribution in [0.3, 0.4) is 0 Å². The van der Waals surface area contributed by atoms with E-state index in [-0.39, 0.29) is 0 Å². The number of nitrogens with one attached hydrogen (secondary N) is 2. The van der Waals surface area contributed by atoms with Crippen LogP contribution in [0.25, 0.3) is 0 Å². The van der Waals surface area contributed by atoms with E-state index < -0.39 is 0 Å². The second kappa shape index (κ2) is 3.98. The van der Waals surface area contributed by atoms with Crippen LogP contribution in [0.4, 0.5) is 5.69 Å². The van der Waals surface area contributed by atoms with Gasteiger partial charge in [-0.25, -0.2) is 0 Å². The lowest BCUT2D eigenvalue weighted by Gasteiger charge is -2.38. The Morgan fingerprint density at radius 3 is 3.19 bits per heavy atom. The molecule has 86 valence electrons. The molecule has 0 aromatic heterocycles. The average Bonchev–Trinajstić information content (AvgIpc) is 2.35. The van der Waals surface area contributed by atoms with E-state index in [9.17, 15) is 0 Å². The van der Waals surface area contributed by atoms with Crippen molar-refractivity contribution in [3.05, 3.63) is 23.8 Å². The third-order valence-electron chi connectivity index (χ3n) is 3.75. The molecule has 0 bridgehead atoms. The van der Waals surface area contributed by atoms with Gasteiger partial charge >= 0.3 is 0 Å². The summed E-state index contributed by atoms with van der Waals surface area (Å²) in [5.74, 6) is 1.71. The number of hydrogen-bond acceptors (Lipinski definition) is 3. The molecule has 2 aliphatic rings. The van der Waals surface area contributed by atoms with Gasteiger partial charge in [0.15, 0.2) is 0 Å². The van der Waals surface area contributed by atoms with Crippen molar-refractivity contribution in [1.29, 1.82) is 0 Å². The van der Waals surface area contributed by atoms with Gasteiger partial charge in [0.2, 0.25) is 0 Å². The number of hydrogen-bond donors (Lipinski definition) is 2. The van der Waals surface area contributed by atoms with Gasteiger partial charge in [0.05, 0.1) is 12.8 Å². The zero-order valence-electron chi connectivity index (χ0n) is 9.62. The first-order valence-electron chi connectivity index (χ1n) is 6.01. The summed E-state index contributed by atoms with van der Waals surface area (Å²) in [4.78, 5) is 0. The fraction of sp³-hybridized carbons (Fsp3) is 0.538. The Labute approximate surface area is 96.2 Å². The Balaban J connectivity index is 1.95. The molecule has 0 aliphatic carbocycles. The lowest BCUT2D eigenvalue weighted by Crippen LogP contribution is -2.47. The highest BCUT2D eigenvalue weighted by atomic mass is 16.5. The minimum Gasteiger partial charge on any atom is -0.495 e. The summed E-state index contributed by atoms with van der Waals surface area (Å²) in [7, 11) is 1.74. The first-order valence-corrected chi connectivity index (χ1v) is 6.01. The quantitative estimate of drug-likeness (QED) is 0.752. The van der Waals surface area contributed by atoms with Crippen LogP contribution in [0.5, 0.6) is 5.75 Å². The second-order valence-corrected chi connectivity index (χ2v) is 4.70. The van der Waals surface area contributed by atoms with Gasteiger partial charge in [0.1, 0.15) is 5.75 Å². The number of para-hydroxylation sites is 1. The smallest absolute Gasteiger partial charge is 0.142 e. The zero-order chi connectivity index (χ0) is 11.0. The van der Waals surface area contributed by atoms with E-state index >= 15 is 0 Å². The number of methoxy groups -OCH3 is 1. The standard InChI is InChI=1S/C13H18N2O/c1-16-12-4-2-3-9-7-10-8-14-6-5-11(10)15-13(9)12/h2-4,10-11,14-15H,5-8H2,1H3. The highest BCUT2D eigenvalue weighted by Crippen LogP contribution is 2.37. The molecule has 1 aromatic carbocycles. The number of fused-ring (bicyclic) bond motifs is 2. The van der Waals surface area contributed by atoms with E-state index in [1.807, 2.05) is 6.07 Å². The van der Waals surface area contributed by atoms with Gasteiger partial charge in [-0.15, -0.1) is 0 Å². The van der Waals surface area contributed by atoms with E-state index in [2.05, 4.69) is 22.8 Å². The van der Waals surface area contributed by atoms with Crippen molar-refractivity contribution in [3.8, 4) is 5.75 Å². The van der Waals surface area contributed by atoms with Crippen LogP contribution >= 0.6 is 0 Å². The maximum absolute atomic E-state index is 5.41. The molecule has 3 nitrogen and oxygen atoms in total. The molecule has 0 spiro atoms. The van der Waals surface area contributed by atoms with Crippen LogP contribution in [0.1, 0.15) is 12.0 Å². The van der Waals surface area contributed by atoms with Gasteiger partial charge in [-0.2, -0.15) is 0 Å². The van der Waals surface area contributed by atoms with Gasteiger partial charge < -0.3 is 15.4 Å². The molecule has 0 amide bonds. The predicted octanol–water partition coefficient (Wildman–Crippen LogP) is 1.64. The van der Waals surface area contributed by atoms with Crippen molar-refractivity contribution in [2.45, 2.75) is 18.9 Å². The number of anilines is 1. The number of benzene rings is 1. The van der Waals surface area contributed by atoms with Crippen LogP contribution in [0.2, 0.25) is 0 Å². The van der Waals surface area contributed by atoms with Crippen molar-refractivity contribution < 1.29 is 4.74 Å². The van der Waals surface area contributed by atoms with E-state index in [1.54, 1.807) is 7.11 Å². The molecule has 3 heteroatoms. The molecule has 16 heavy (non-hydrogen) atoms. The number of piperidine rings is 1. The molecule has 1 fully saturated rings. The van der Waals surface area contributed by atoms with Gasteiger partial charge in [0, 0.05) is 12.6 Å². The minimum atomic E-state index is 0.616. The second-order valence-electron chi connectivity index (χ2n) is 4.70. The third-order valence-corrected chi connectivity index (χ3v) is 3.75. The Morgan fingerprint density at radius 2 is 2.31 bits per heavy atom. The predicted molar refractivity (Wildman–Crippen MR) is 65.1 cm³/mol. The van der Waals surface area contributed by atoms with Crippen LogP contribution in [0, 0.1) is 5.92 Å².